The first-order chi connectivity index (χ1) is 11.2. The number of thioether (sulfide) groups is 1. The van der Waals surface area contributed by atoms with Crippen molar-refractivity contribution in [2.24, 2.45) is 0 Å². The van der Waals surface area contributed by atoms with Gasteiger partial charge in [0, 0.05) is 18.0 Å². The maximum absolute atomic E-state index is 2.44. The van der Waals surface area contributed by atoms with E-state index in [1.54, 1.807) is 11.1 Å². The van der Waals surface area contributed by atoms with Gasteiger partial charge in [0.05, 0.1) is 4.75 Å². The van der Waals surface area contributed by atoms with Gasteiger partial charge in [-0.3, -0.25) is 0 Å². The van der Waals surface area contributed by atoms with Gasteiger partial charge in [0.1, 0.15) is 0 Å². The number of fused-ring (bicyclic) bond motifs is 1. The molecule has 3 heteroatoms. The molecule has 0 amide bonds. The van der Waals surface area contributed by atoms with Crippen molar-refractivity contribution in [1.29, 1.82) is 0 Å². The molecule has 24 heavy (non-hydrogen) atoms. The van der Waals surface area contributed by atoms with Crippen LogP contribution in [0.25, 0.3) is 5.57 Å². The van der Waals surface area contributed by atoms with Gasteiger partial charge in [-0.25, -0.2) is 0 Å². The van der Waals surface area contributed by atoms with E-state index >= 15 is 0 Å². The van der Waals surface area contributed by atoms with Crippen molar-refractivity contribution in [2.75, 3.05) is 20.1 Å². The normalized spacial score (nSPS) is 23.8. The molecule has 0 radical (unpaired) electrons. The second-order valence-electron chi connectivity index (χ2n) is 6.78. The fourth-order valence-corrected chi connectivity index (χ4v) is 5.39. The first kappa shape index (κ1) is 17.6. The molecule has 4 rings (SSSR count). The molecule has 1 fully saturated rings. The molecule has 0 aliphatic carbocycles. The Balaban J connectivity index is 0.00000169. The molecule has 1 unspecified atom stereocenters. The Kier molecular flexibility index (Phi) is 5.10. The highest BCUT2D eigenvalue weighted by Gasteiger charge is 2.41. The highest BCUT2D eigenvalue weighted by molar-refractivity contribution is 8.01. The predicted octanol–water partition coefficient (Wildman–Crippen LogP) is 5.61. The van der Waals surface area contributed by atoms with Crippen LogP contribution < -0.4 is 0 Å². The number of hydrogen-bond acceptors (Lipinski definition) is 2. The van der Waals surface area contributed by atoms with Gasteiger partial charge in [-0.15, -0.1) is 24.2 Å². The Morgan fingerprint density at radius 2 is 1.54 bits per heavy atom. The quantitative estimate of drug-likeness (QED) is 0.652. The maximum atomic E-state index is 2.44. The van der Waals surface area contributed by atoms with Crippen molar-refractivity contribution >= 4 is 29.7 Å². The fraction of sp³-hybridized carbons (Fsp3) is 0.333. The molecule has 0 saturated carbocycles. The van der Waals surface area contributed by atoms with Crippen molar-refractivity contribution in [3.05, 3.63) is 71.3 Å². The van der Waals surface area contributed by atoms with Gasteiger partial charge >= 0.3 is 0 Å². The Bertz CT molecular complexity index is 745. The van der Waals surface area contributed by atoms with Crippen LogP contribution in [0.3, 0.4) is 0 Å². The van der Waals surface area contributed by atoms with Crippen molar-refractivity contribution < 1.29 is 0 Å². The summed E-state index contributed by atoms with van der Waals surface area (Å²) in [6.45, 7) is 4.76. The number of rotatable bonds is 1. The molecule has 1 atom stereocenters. The number of halogens is 1. The summed E-state index contributed by atoms with van der Waals surface area (Å²) in [4.78, 5) is 3.87. The SMILES string of the molecule is CN1CCC(=C2c3ccccc3SC2(C)c2ccccc2)CC1.Cl. The third kappa shape index (κ3) is 2.92. The van der Waals surface area contributed by atoms with Gasteiger partial charge in [0.15, 0.2) is 0 Å². The van der Waals surface area contributed by atoms with Crippen LogP contribution in [0.5, 0.6) is 0 Å². The average Bonchev–Trinajstić information content (AvgIpc) is 2.90. The molecule has 2 aliphatic rings. The second-order valence-corrected chi connectivity index (χ2v) is 8.24. The van der Waals surface area contributed by atoms with Gasteiger partial charge < -0.3 is 4.90 Å². The largest absolute Gasteiger partial charge is 0.306 e. The summed E-state index contributed by atoms with van der Waals surface area (Å²) >= 11 is 2.02. The molecule has 0 aromatic heterocycles. The Morgan fingerprint density at radius 1 is 0.917 bits per heavy atom. The molecule has 1 nitrogen and oxygen atoms in total. The summed E-state index contributed by atoms with van der Waals surface area (Å²) in [6.07, 6.45) is 2.40. The summed E-state index contributed by atoms with van der Waals surface area (Å²) < 4.78 is 0.0379. The van der Waals surface area contributed by atoms with E-state index in [1.165, 1.54) is 42.0 Å². The van der Waals surface area contributed by atoms with E-state index in [9.17, 15) is 0 Å². The lowest BCUT2D eigenvalue weighted by Gasteiger charge is -2.32. The van der Waals surface area contributed by atoms with Crippen LogP contribution in [0.15, 0.2) is 65.1 Å². The first-order valence-corrected chi connectivity index (χ1v) is 9.25. The topological polar surface area (TPSA) is 3.24 Å². The molecule has 1 saturated heterocycles. The van der Waals surface area contributed by atoms with Crippen molar-refractivity contribution in [3.63, 3.8) is 0 Å². The molecule has 2 heterocycles. The second kappa shape index (κ2) is 6.95. The number of benzene rings is 2. The minimum absolute atomic E-state index is 0. The summed E-state index contributed by atoms with van der Waals surface area (Å²) in [5, 5.41) is 0. The lowest BCUT2D eigenvalue weighted by atomic mass is 9.82. The maximum Gasteiger partial charge on any atom is 0.0681 e. The van der Waals surface area contributed by atoms with Gasteiger partial charge in [-0.1, -0.05) is 54.1 Å². The van der Waals surface area contributed by atoms with Gasteiger partial charge in [0.2, 0.25) is 0 Å². The van der Waals surface area contributed by atoms with E-state index in [1.807, 2.05) is 11.8 Å². The molecular formula is C21H24ClNS. The minimum Gasteiger partial charge on any atom is -0.306 e. The number of piperidine rings is 1. The lowest BCUT2D eigenvalue weighted by Crippen LogP contribution is -2.28. The van der Waals surface area contributed by atoms with Crippen molar-refractivity contribution in [1.82, 2.24) is 4.90 Å². The smallest absolute Gasteiger partial charge is 0.0681 e. The Morgan fingerprint density at radius 3 is 2.25 bits per heavy atom. The zero-order valence-corrected chi connectivity index (χ0v) is 15.9. The van der Waals surface area contributed by atoms with Gasteiger partial charge in [0.25, 0.3) is 0 Å². The van der Waals surface area contributed by atoms with Crippen LogP contribution >= 0.6 is 24.2 Å². The van der Waals surface area contributed by atoms with E-state index in [-0.39, 0.29) is 17.2 Å². The zero-order chi connectivity index (χ0) is 15.9. The number of nitrogens with zero attached hydrogens (tertiary/aromatic N) is 1. The third-order valence-corrected chi connectivity index (χ3v) is 6.64. The molecule has 2 aromatic carbocycles. The average molecular weight is 358 g/mol. The molecule has 2 aromatic rings. The highest BCUT2D eigenvalue weighted by Crippen LogP contribution is 2.59. The van der Waals surface area contributed by atoms with Crippen LogP contribution in [-0.2, 0) is 4.75 Å². The van der Waals surface area contributed by atoms with Gasteiger partial charge in [-0.05, 0) is 49.6 Å². The summed E-state index contributed by atoms with van der Waals surface area (Å²) in [5.41, 5.74) is 6.12. The Hall–Kier alpha value is -1.22. The van der Waals surface area contributed by atoms with Crippen LogP contribution in [0, 0.1) is 0 Å². The predicted molar refractivity (Wildman–Crippen MR) is 107 cm³/mol. The Labute approximate surface area is 155 Å². The molecular weight excluding hydrogens is 334 g/mol. The van der Waals surface area contributed by atoms with Crippen LogP contribution in [0.4, 0.5) is 0 Å². The standard InChI is InChI=1S/C21H23NS.ClH/c1-21(17-8-4-3-5-9-17)20(16-12-14-22(2)15-13-16)18-10-6-7-11-19(18)23-21;/h3-11H,12-15H2,1-2H3;1H. The summed E-state index contributed by atoms with van der Waals surface area (Å²) in [6, 6.07) is 20.0. The zero-order valence-electron chi connectivity index (χ0n) is 14.3. The van der Waals surface area contributed by atoms with Crippen molar-refractivity contribution in [2.45, 2.75) is 29.4 Å². The highest BCUT2D eigenvalue weighted by atomic mass is 35.5. The molecule has 0 N–H and O–H groups in total. The molecule has 126 valence electrons. The van der Waals surface area contributed by atoms with Crippen molar-refractivity contribution in [3.8, 4) is 0 Å². The van der Waals surface area contributed by atoms with Crippen LogP contribution in [0.2, 0.25) is 0 Å². The summed E-state index contributed by atoms with van der Waals surface area (Å²) in [5.74, 6) is 0. The van der Waals surface area contributed by atoms with Crippen LogP contribution in [0.1, 0.15) is 30.9 Å². The molecule has 0 bridgehead atoms. The molecule has 0 spiro atoms. The fourth-order valence-electron chi connectivity index (χ4n) is 3.92. The summed E-state index contributed by atoms with van der Waals surface area (Å²) in [7, 11) is 2.23. The van der Waals surface area contributed by atoms with Crippen LogP contribution in [-0.4, -0.2) is 25.0 Å². The first-order valence-electron chi connectivity index (χ1n) is 8.43. The van der Waals surface area contributed by atoms with E-state index in [2.05, 4.69) is 73.5 Å². The minimum atomic E-state index is 0. The van der Waals surface area contributed by atoms with Gasteiger partial charge in [-0.2, -0.15) is 0 Å². The number of hydrogen-bond donors (Lipinski definition) is 0. The molecule has 2 aliphatic heterocycles. The lowest BCUT2D eigenvalue weighted by molar-refractivity contribution is 0.312. The monoisotopic (exact) mass is 357 g/mol. The van der Waals surface area contributed by atoms with E-state index < -0.39 is 0 Å². The van der Waals surface area contributed by atoms with E-state index in [0.29, 0.717) is 0 Å². The third-order valence-electron chi connectivity index (χ3n) is 5.22. The number of likely N-dealkylation sites (tertiary alicyclic amines) is 1. The van der Waals surface area contributed by atoms with E-state index in [0.717, 1.165) is 0 Å². The van der Waals surface area contributed by atoms with E-state index in [4.69, 9.17) is 0 Å².